The highest BCUT2D eigenvalue weighted by Crippen LogP contribution is 2.53. The fraction of sp³-hybridized carbons (Fsp3) is 0.696. The van der Waals surface area contributed by atoms with Gasteiger partial charge in [0.15, 0.2) is 0 Å². The van der Waals surface area contributed by atoms with Gasteiger partial charge < -0.3 is 9.80 Å². The van der Waals surface area contributed by atoms with Gasteiger partial charge in [-0.1, -0.05) is 18.0 Å². The Bertz CT molecular complexity index is 803. The van der Waals surface area contributed by atoms with Crippen molar-refractivity contribution >= 4 is 23.4 Å². The lowest BCUT2D eigenvalue weighted by Gasteiger charge is -2.53. The van der Waals surface area contributed by atoms with Gasteiger partial charge >= 0.3 is 0 Å². The van der Waals surface area contributed by atoms with Crippen molar-refractivity contribution in [3.63, 3.8) is 0 Å². The molecule has 4 fully saturated rings. The maximum absolute atomic E-state index is 13.0. The molecule has 1 aromatic rings. The molecule has 0 N–H and O–H groups in total. The molecule has 0 bridgehead atoms. The Morgan fingerprint density at radius 1 is 1.00 bits per heavy atom. The monoisotopic (exact) mass is 430 g/mol. The Morgan fingerprint density at radius 3 is 2.30 bits per heavy atom. The van der Waals surface area contributed by atoms with Crippen LogP contribution >= 0.6 is 11.6 Å². The van der Waals surface area contributed by atoms with Crippen LogP contribution in [-0.2, 0) is 4.79 Å². The van der Waals surface area contributed by atoms with E-state index in [4.69, 9.17) is 11.6 Å². The van der Waals surface area contributed by atoms with Crippen LogP contribution in [0.3, 0.4) is 0 Å². The Labute approximate surface area is 183 Å². The number of piperazine rings is 1. The number of rotatable bonds is 3. The van der Waals surface area contributed by atoms with E-state index in [1.54, 1.807) is 18.3 Å². The summed E-state index contributed by atoms with van der Waals surface area (Å²) >= 11 is 6.00. The van der Waals surface area contributed by atoms with Gasteiger partial charge in [-0.05, 0) is 56.1 Å². The van der Waals surface area contributed by atoms with Crippen molar-refractivity contribution in [2.45, 2.75) is 51.0 Å². The van der Waals surface area contributed by atoms with Crippen LogP contribution in [0, 0.1) is 11.3 Å². The molecule has 7 heteroatoms. The first-order chi connectivity index (χ1) is 14.5. The Hall–Kier alpha value is -1.66. The maximum Gasteiger partial charge on any atom is 0.272 e. The van der Waals surface area contributed by atoms with E-state index in [9.17, 15) is 9.59 Å². The van der Waals surface area contributed by atoms with Crippen molar-refractivity contribution in [3.8, 4) is 0 Å². The van der Waals surface area contributed by atoms with Gasteiger partial charge in [0.05, 0.1) is 0 Å². The predicted molar refractivity (Wildman–Crippen MR) is 115 cm³/mol. The van der Waals surface area contributed by atoms with Gasteiger partial charge in [-0.15, -0.1) is 0 Å². The first-order valence-corrected chi connectivity index (χ1v) is 11.8. The zero-order chi connectivity index (χ0) is 20.7. The molecule has 2 aliphatic heterocycles. The van der Waals surface area contributed by atoms with E-state index in [-0.39, 0.29) is 17.2 Å². The molecule has 1 spiro atoms. The number of carbonyl (C=O) groups excluding carboxylic acids is 2. The lowest BCUT2D eigenvalue weighted by molar-refractivity contribution is -0.148. The van der Waals surface area contributed by atoms with Gasteiger partial charge in [0.25, 0.3) is 5.91 Å². The van der Waals surface area contributed by atoms with E-state index in [1.807, 2.05) is 4.90 Å². The molecule has 3 heterocycles. The standard InChI is InChI=1S/C23H31ClN4O2/c24-18-4-7-25-20(14-18)22(30)27-8-5-23(6-9-27)15-17(16-23)21(29)28-12-10-26(11-13-28)19-2-1-3-19/h4,7,14,17,19H,1-3,5-6,8-13,15-16H2. The lowest BCUT2D eigenvalue weighted by Crippen LogP contribution is -2.57. The molecule has 0 atom stereocenters. The molecule has 2 saturated carbocycles. The van der Waals surface area contributed by atoms with Crippen LogP contribution in [0.1, 0.15) is 55.4 Å². The summed E-state index contributed by atoms with van der Waals surface area (Å²) < 4.78 is 0. The van der Waals surface area contributed by atoms with Gasteiger partial charge in [-0.3, -0.25) is 19.5 Å². The largest absolute Gasteiger partial charge is 0.340 e. The van der Waals surface area contributed by atoms with Crippen molar-refractivity contribution < 1.29 is 9.59 Å². The van der Waals surface area contributed by atoms with Gasteiger partial charge in [-0.25, -0.2) is 0 Å². The number of hydrogen-bond donors (Lipinski definition) is 0. The summed E-state index contributed by atoms with van der Waals surface area (Å²) in [7, 11) is 0. The first kappa shape index (κ1) is 20.3. The minimum atomic E-state index is -0.0383. The van der Waals surface area contributed by atoms with E-state index in [1.165, 1.54) is 19.3 Å². The third-order valence-electron chi connectivity index (χ3n) is 7.98. The number of likely N-dealkylation sites (tertiary alicyclic amines) is 1. The zero-order valence-electron chi connectivity index (χ0n) is 17.6. The average molecular weight is 431 g/mol. The average Bonchev–Trinajstić information content (AvgIpc) is 2.70. The highest BCUT2D eigenvalue weighted by Gasteiger charge is 2.50. The van der Waals surface area contributed by atoms with Gasteiger partial charge in [0.2, 0.25) is 5.91 Å². The summed E-state index contributed by atoms with van der Waals surface area (Å²) in [6.07, 6.45) is 9.58. The third kappa shape index (κ3) is 3.84. The summed E-state index contributed by atoms with van der Waals surface area (Å²) in [6, 6.07) is 4.10. The van der Waals surface area contributed by atoms with E-state index in [2.05, 4.69) is 14.8 Å². The molecule has 30 heavy (non-hydrogen) atoms. The summed E-state index contributed by atoms with van der Waals surface area (Å²) in [4.78, 5) is 36.4. The quantitative estimate of drug-likeness (QED) is 0.739. The fourth-order valence-electron chi connectivity index (χ4n) is 5.75. The summed E-state index contributed by atoms with van der Waals surface area (Å²) in [6.45, 7) is 5.37. The number of nitrogens with zero attached hydrogens (tertiary/aromatic N) is 4. The number of carbonyl (C=O) groups is 2. The van der Waals surface area contributed by atoms with Crippen molar-refractivity contribution in [1.29, 1.82) is 0 Å². The van der Waals surface area contributed by atoms with E-state index in [0.29, 0.717) is 16.6 Å². The smallest absolute Gasteiger partial charge is 0.272 e. The van der Waals surface area contributed by atoms with Crippen molar-refractivity contribution in [3.05, 3.63) is 29.0 Å². The SMILES string of the molecule is O=C(c1cc(Cl)ccn1)N1CCC2(CC1)CC(C(=O)N1CCN(C3CCC3)CC1)C2. The summed E-state index contributed by atoms with van der Waals surface area (Å²) in [5.74, 6) is 0.524. The van der Waals surface area contributed by atoms with Crippen LogP contribution in [0.4, 0.5) is 0 Å². The molecule has 4 aliphatic rings. The van der Waals surface area contributed by atoms with Crippen LogP contribution < -0.4 is 0 Å². The molecule has 6 nitrogen and oxygen atoms in total. The van der Waals surface area contributed by atoms with Crippen LogP contribution in [0.2, 0.25) is 5.02 Å². The molecular formula is C23H31ClN4O2. The van der Waals surface area contributed by atoms with E-state index >= 15 is 0 Å². The first-order valence-electron chi connectivity index (χ1n) is 11.5. The zero-order valence-corrected chi connectivity index (χ0v) is 18.3. The summed E-state index contributed by atoms with van der Waals surface area (Å²) in [5, 5.41) is 0.538. The molecule has 0 aromatic carbocycles. The third-order valence-corrected chi connectivity index (χ3v) is 8.21. The number of halogens is 1. The van der Waals surface area contributed by atoms with Gasteiger partial charge in [-0.2, -0.15) is 0 Å². The Morgan fingerprint density at radius 2 is 1.70 bits per heavy atom. The molecular weight excluding hydrogens is 400 g/mol. The van der Waals surface area contributed by atoms with Crippen molar-refractivity contribution in [1.82, 2.24) is 19.7 Å². The molecule has 1 aromatic heterocycles. The second-order valence-corrected chi connectivity index (χ2v) is 10.1. The Balaban J connectivity index is 1.08. The minimum absolute atomic E-state index is 0.0383. The number of amides is 2. The van der Waals surface area contributed by atoms with Crippen LogP contribution in [0.15, 0.2) is 18.3 Å². The second kappa shape index (κ2) is 8.12. The van der Waals surface area contributed by atoms with E-state index in [0.717, 1.165) is 71.0 Å². The minimum Gasteiger partial charge on any atom is -0.340 e. The van der Waals surface area contributed by atoms with Gasteiger partial charge in [0.1, 0.15) is 5.69 Å². The topological polar surface area (TPSA) is 56.8 Å². The normalized spacial score (nSPS) is 25.1. The molecule has 0 unspecified atom stereocenters. The molecule has 2 amide bonds. The van der Waals surface area contributed by atoms with Crippen molar-refractivity contribution in [2.24, 2.45) is 11.3 Å². The fourth-order valence-corrected chi connectivity index (χ4v) is 5.91. The van der Waals surface area contributed by atoms with Crippen LogP contribution in [-0.4, -0.2) is 76.8 Å². The number of aromatic nitrogens is 1. The molecule has 2 saturated heterocycles. The predicted octanol–water partition coefficient (Wildman–Crippen LogP) is 3.06. The highest BCUT2D eigenvalue weighted by atomic mass is 35.5. The molecule has 0 radical (unpaired) electrons. The Kier molecular flexibility index (Phi) is 5.48. The van der Waals surface area contributed by atoms with Crippen LogP contribution in [0.25, 0.3) is 0 Å². The summed E-state index contributed by atoms with van der Waals surface area (Å²) in [5.41, 5.74) is 0.674. The molecule has 162 valence electrons. The maximum atomic E-state index is 13.0. The van der Waals surface area contributed by atoms with Crippen LogP contribution in [0.5, 0.6) is 0 Å². The molecule has 5 rings (SSSR count). The number of pyridine rings is 1. The molecule has 2 aliphatic carbocycles. The van der Waals surface area contributed by atoms with E-state index < -0.39 is 0 Å². The van der Waals surface area contributed by atoms with Gasteiger partial charge in [0, 0.05) is 62.4 Å². The highest BCUT2D eigenvalue weighted by molar-refractivity contribution is 6.30. The lowest BCUT2D eigenvalue weighted by atomic mass is 9.57. The van der Waals surface area contributed by atoms with Crippen molar-refractivity contribution in [2.75, 3.05) is 39.3 Å². The number of piperidine rings is 1. The number of hydrogen-bond acceptors (Lipinski definition) is 4. The second-order valence-electron chi connectivity index (χ2n) is 9.70.